The van der Waals surface area contributed by atoms with E-state index in [0.29, 0.717) is 23.7 Å². The number of aromatic nitrogens is 3. The number of nitrogens with zero attached hydrogens (tertiary/aromatic N) is 4. The van der Waals surface area contributed by atoms with Crippen LogP contribution >= 0.6 is 11.6 Å². The van der Waals surface area contributed by atoms with Gasteiger partial charge in [0.25, 0.3) is 5.91 Å². The average Bonchev–Trinajstić information content (AvgIpc) is 3.23. The van der Waals surface area contributed by atoms with Crippen molar-refractivity contribution in [3.8, 4) is 5.69 Å². The van der Waals surface area contributed by atoms with Crippen molar-refractivity contribution >= 4 is 23.5 Å². The van der Waals surface area contributed by atoms with Gasteiger partial charge >= 0.3 is 5.97 Å². The zero-order valence-corrected chi connectivity index (χ0v) is 15.1. The van der Waals surface area contributed by atoms with Gasteiger partial charge in [-0.3, -0.25) is 9.59 Å². The first-order valence-electron chi connectivity index (χ1n) is 8.63. The second-order valence-electron chi connectivity index (χ2n) is 7.27. The summed E-state index contributed by atoms with van der Waals surface area (Å²) in [5.74, 6) is -0.102. The Morgan fingerprint density at radius 2 is 2.04 bits per heavy atom. The fraction of sp³-hybridized carbons (Fsp3) is 0.444. The van der Waals surface area contributed by atoms with Gasteiger partial charge in [0.15, 0.2) is 0 Å². The molecule has 1 atom stereocenters. The summed E-state index contributed by atoms with van der Waals surface area (Å²) in [4.78, 5) is 30.3. The molecule has 1 N–H and O–H groups in total. The molecule has 0 bridgehead atoms. The van der Waals surface area contributed by atoms with E-state index in [4.69, 9.17) is 11.6 Å². The molecule has 2 aliphatic rings. The van der Waals surface area contributed by atoms with Crippen LogP contribution in [0.1, 0.15) is 48.5 Å². The molecule has 1 saturated heterocycles. The number of carboxylic acids is 1. The number of likely N-dealkylation sites (tertiary alicyclic amines) is 1. The van der Waals surface area contributed by atoms with E-state index in [0.717, 1.165) is 18.7 Å². The molecule has 136 valence electrons. The highest BCUT2D eigenvalue weighted by molar-refractivity contribution is 6.32. The lowest BCUT2D eigenvalue weighted by Gasteiger charge is -2.19. The molecular weight excluding hydrogens is 356 g/mol. The third kappa shape index (κ3) is 2.86. The molecule has 7 nitrogen and oxygen atoms in total. The topological polar surface area (TPSA) is 88.3 Å². The third-order valence-electron chi connectivity index (χ3n) is 5.12. The number of carbonyl (C=O) groups is 2. The summed E-state index contributed by atoms with van der Waals surface area (Å²) in [5.41, 5.74) is -0.222. The number of carbonyl (C=O) groups excluding carboxylic acids is 1. The summed E-state index contributed by atoms with van der Waals surface area (Å²) < 4.78 is 1.65. The fourth-order valence-corrected chi connectivity index (χ4v) is 3.49. The number of halogens is 1. The lowest BCUT2D eigenvalue weighted by Crippen LogP contribution is -2.35. The Hall–Kier alpha value is -2.41. The van der Waals surface area contributed by atoms with Gasteiger partial charge in [0.2, 0.25) is 5.82 Å². The van der Waals surface area contributed by atoms with Crippen LogP contribution in [0.3, 0.4) is 0 Å². The SMILES string of the molecule is C[C@@]1(C(=O)O)CCN(C(=O)c2nc(C3CC3)n(-c3ccccc3Cl)n2)C1. The maximum atomic E-state index is 12.8. The molecule has 1 aliphatic heterocycles. The zero-order valence-electron chi connectivity index (χ0n) is 14.4. The van der Waals surface area contributed by atoms with Crippen LogP contribution < -0.4 is 0 Å². The van der Waals surface area contributed by atoms with Crippen LogP contribution in [0.5, 0.6) is 0 Å². The monoisotopic (exact) mass is 374 g/mol. The number of hydrogen-bond donors (Lipinski definition) is 1. The van der Waals surface area contributed by atoms with E-state index >= 15 is 0 Å². The van der Waals surface area contributed by atoms with E-state index in [-0.39, 0.29) is 24.2 Å². The highest BCUT2D eigenvalue weighted by Crippen LogP contribution is 2.40. The van der Waals surface area contributed by atoms with E-state index < -0.39 is 11.4 Å². The molecule has 2 heterocycles. The van der Waals surface area contributed by atoms with Crippen molar-refractivity contribution in [2.45, 2.75) is 32.1 Å². The Labute approximate surface area is 155 Å². The van der Waals surface area contributed by atoms with E-state index in [9.17, 15) is 14.7 Å². The summed E-state index contributed by atoms with van der Waals surface area (Å²) in [6.07, 6.45) is 2.45. The number of amides is 1. The van der Waals surface area contributed by atoms with Crippen molar-refractivity contribution in [2.75, 3.05) is 13.1 Å². The summed E-state index contributed by atoms with van der Waals surface area (Å²) in [5, 5.41) is 14.3. The molecule has 4 rings (SSSR count). The number of rotatable bonds is 4. The molecule has 1 aromatic carbocycles. The molecule has 0 unspecified atom stereocenters. The van der Waals surface area contributed by atoms with E-state index in [1.165, 1.54) is 4.90 Å². The highest BCUT2D eigenvalue weighted by Gasteiger charge is 2.43. The Morgan fingerprint density at radius 1 is 1.31 bits per heavy atom. The standard InChI is InChI=1S/C18H19ClN4O3/c1-18(17(25)26)8-9-22(10-18)16(24)14-20-15(11-6-7-11)23(21-14)13-5-3-2-4-12(13)19/h2-5,11H,6-10H2,1H3,(H,25,26)/t18-/m1/s1. The lowest BCUT2D eigenvalue weighted by molar-refractivity contribution is -0.147. The predicted molar refractivity (Wildman–Crippen MR) is 94.6 cm³/mol. The largest absolute Gasteiger partial charge is 0.481 e. The third-order valence-corrected chi connectivity index (χ3v) is 5.44. The van der Waals surface area contributed by atoms with Gasteiger partial charge in [-0.25, -0.2) is 9.67 Å². The van der Waals surface area contributed by atoms with Gasteiger partial charge in [-0.15, -0.1) is 5.10 Å². The van der Waals surface area contributed by atoms with Crippen LogP contribution in [0, 0.1) is 5.41 Å². The van der Waals surface area contributed by atoms with Crippen molar-refractivity contribution in [1.29, 1.82) is 0 Å². The fourth-order valence-electron chi connectivity index (χ4n) is 3.27. The van der Waals surface area contributed by atoms with Gasteiger partial charge in [-0.05, 0) is 38.3 Å². The van der Waals surface area contributed by atoms with Gasteiger partial charge in [0, 0.05) is 19.0 Å². The number of para-hydroxylation sites is 1. The molecule has 0 spiro atoms. The Balaban J connectivity index is 1.66. The molecule has 0 radical (unpaired) electrons. The smallest absolute Gasteiger partial charge is 0.311 e. The first-order chi connectivity index (χ1) is 12.4. The Kier molecular flexibility index (Phi) is 3.99. The van der Waals surface area contributed by atoms with Crippen molar-refractivity contribution in [1.82, 2.24) is 19.7 Å². The second-order valence-corrected chi connectivity index (χ2v) is 7.68. The molecule has 26 heavy (non-hydrogen) atoms. The minimum absolute atomic E-state index is 0.0986. The van der Waals surface area contributed by atoms with Crippen molar-refractivity contribution in [3.63, 3.8) is 0 Å². The van der Waals surface area contributed by atoms with Crippen LogP contribution in [-0.4, -0.2) is 49.7 Å². The Bertz CT molecular complexity index is 892. The molecule has 1 aromatic heterocycles. The normalized spacial score (nSPS) is 22.6. The quantitative estimate of drug-likeness (QED) is 0.888. The number of carboxylic acid groups (broad SMARTS) is 1. The van der Waals surface area contributed by atoms with Gasteiger partial charge < -0.3 is 10.0 Å². The second kappa shape index (κ2) is 6.09. The van der Waals surface area contributed by atoms with Gasteiger partial charge in [0.05, 0.1) is 16.1 Å². The minimum atomic E-state index is -0.916. The van der Waals surface area contributed by atoms with E-state index in [2.05, 4.69) is 10.1 Å². The predicted octanol–water partition coefficient (Wildman–Crippen LogP) is 2.73. The molecule has 1 saturated carbocycles. The summed E-state index contributed by atoms with van der Waals surface area (Å²) >= 11 is 6.29. The lowest BCUT2D eigenvalue weighted by atomic mass is 9.90. The van der Waals surface area contributed by atoms with Crippen LogP contribution in [0.4, 0.5) is 0 Å². The highest BCUT2D eigenvalue weighted by atomic mass is 35.5. The molecule has 8 heteroatoms. The number of aliphatic carboxylic acids is 1. The van der Waals surface area contributed by atoms with Crippen molar-refractivity contribution in [2.24, 2.45) is 5.41 Å². The minimum Gasteiger partial charge on any atom is -0.481 e. The summed E-state index contributed by atoms with van der Waals surface area (Å²) in [6, 6.07) is 7.31. The average molecular weight is 375 g/mol. The van der Waals surface area contributed by atoms with Gasteiger partial charge in [0.1, 0.15) is 5.82 Å². The van der Waals surface area contributed by atoms with Gasteiger partial charge in [-0.1, -0.05) is 23.7 Å². The van der Waals surface area contributed by atoms with Crippen molar-refractivity contribution < 1.29 is 14.7 Å². The van der Waals surface area contributed by atoms with Crippen molar-refractivity contribution in [3.05, 3.63) is 40.9 Å². The maximum absolute atomic E-state index is 12.8. The molecule has 2 fully saturated rings. The number of benzene rings is 1. The van der Waals surface area contributed by atoms with E-state index in [1.807, 2.05) is 18.2 Å². The first-order valence-corrected chi connectivity index (χ1v) is 9.01. The summed E-state index contributed by atoms with van der Waals surface area (Å²) in [6.45, 7) is 2.22. The number of hydrogen-bond acceptors (Lipinski definition) is 4. The molecule has 1 aliphatic carbocycles. The maximum Gasteiger partial charge on any atom is 0.311 e. The van der Waals surface area contributed by atoms with Crippen LogP contribution in [0.25, 0.3) is 5.69 Å². The van der Waals surface area contributed by atoms with E-state index in [1.54, 1.807) is 17.7 Å². The van der Waals surface area contributed by atoms with Crippen LogP contribution in [0.15, 0.2) is 24.3 Å². The molecule has 2 aromatic rings. The summed E-state index contributed by atoms with van der Waals surface area (Å²) in [7, 11) is 0. The zero-order chi connectivity index (χ0) is 18.5. The van der Waals surface area contributed by atoms with Gasteiger partial charge in [-0.2, -0.15) is 0 Å². The van der Waals surface area contributed by atoms with Crippen LogP contribution in [0.2, 0.25) is 5.02 Å². The Morgan fingerprint density at radius 3 is 2.65 bits per heavy atom. The molecule has 1 amide bonds. The van der Waals surface area contributed by atoms with Crippen LogP contribution in [-0.2, 0) is 4.79 Å². The first kappa shape index (κ1) is 17.0. The molecular formula is C18H19ClN4O3.